The highest BCUT2D eigenvalue weighted by atomic mass is 19.1. The minimum Gasteiger partial charge on any atom is -0.396 e. The maximum Gasteiger partial charge on any atom is 0.257 e. The van der Waals surface area contributed by atoms with Crippen molar-refractivity contribution in [2.75, 3.05) is 25.9 Å². The molecule has 0 fully saturated rings. The number of pyridine rings is 1. The van der Waals surface area contributed by atoms with Crippen LogP contribution in [-0.2, 0) is 0 Å². The molecule has 0 atom stereocenters. The summed E-state index contributed by atoms with van der Waals surface area (Å²) in [5, 5.41) is 8.64. The third-order valence-corrected chi connectivity index (χ3v) is 2.61. The summed E-state index contributed by atoms with van der Waals surface area (Å²) in [6.45, 7) is 0.688. The van der Waals surface area contributed by atoms with E-state index < -0.39 is 5.82 Å². The van der Waals surface area contributed by atoms with E-state index in [1.807, 2.05) is 0 Å². The largest absolute Gasteiger partial charge is 0.396 e. The summed E-state index contributed by atoms with van der Waals surface area (Å²) in [5.41, 5.74) is 5.63. The standard InChI is InChI=1S/C12H18FN3O2/c1-16(5-3-2-4-6-17)12(18)10-7-9(13)8-15-11(10)14/h7-8,17H,2-6H2,1H3,(H2,14,15). The Morgan fingerprint density at radius 3 is 2.89 bits per heavy atom. The number of hydrogen-bond acceptors (Lipinski definition) is 4. The molecule has 0 saturated heterocycles. The highest BCUT2D eigenvalue weighted by Crippen LogP contribution is 2.12. The Morgan fingerprint density at radius 2 is 2.22 bits per heavy atom. The lowest BCUT2D eigenvalue weighted by Gasteiger charge is -2.17. The highest BCUT2D eigenvalue weighted by Gasteiger charge is 2.16. The quantitative estimate of drug-likeness (QED) is 0.744. The number of nitrogens with two attached hydrogens (primary N) is 1. The van der Waals surface area contributed by atoms with Gasteiger partial charge in [-0.15, -0.1) is 0 Å². The lowest BCUT2D eigenvalue weighted by Crippen LogP contribution is -2.28. The van der Waals surface area contributed by atoms with Gasteiger partial charge >= 0.3 is 0 Å². The van der Waals surface area contributed by atoms with Gasteiger partial charge in [0.2, 0.25) is 0 Å². The molecular formula is C12H18FN3O2. The average Bonchev–Trinajstić information content (AvgIpc) is 2.36. The van der Waals surface area contributed by atoms with Crippen LogP contribution in [-0.4, -0.2) is 41.1 Å². The minimum absolute atomic E-state index is 0.0311. The summed E-state index contributed by atoms with van der Waals surface area (Å²) in [6.07, 6.45) is 3.31. The molecule has 1 aromatic rings. The predicted molar refractivity (Wildman–Crippen MR) is 66.5 cm³/mol. The fraction of sp³-hybridized carbons (Fsp3) is 0.500. The maximum atomic E-state index is 13.0. The third-order valence-electron chi connectivity index (χ3n) is 2.61. The van der Waals surface area contributed by atoms with Crippen LogP contribution in [0.2, 0.25) is 0 Å². The molecule has 0 bridgehead atoms. The number of nitrogens with zero attached hydrogens (tertiary/aromatic N) is 2. The number of carbonyl (C=O) groups is 1. The average molecular weight is 255 g/mol. The van der Waals surface area contributed by atoms with Gasteiger partial charge in [-0.3, -0.25) is 4.79 Å². The summed E-state index contributed by atoms with van der Waals surface area (Å²) in [4.78, 5) is 17.1. The fourth-order valence-corrected chi connectivity index (χ4v) is 1.57. The van der Waals surface area contributed by atoms with Crippen molar-refractivity contribution in [1.82, 2.24) is 9.88 Å². The van der Waals surface area contributed by atoms with E-state index in [2.05, 4.69) is 4.98 Å². The normalized spacial score (nSPS) is 10.4. The van der Waals surface area contributed by atoms with Gasteiger partial charge in [0, 0.05) is 20.2 Å². The molecule has 0 radical (unpaired) electrons. The lowest BCUT2D eigenvalue weighted by atomic mass is 10.2. The second-order valence-electron chi connectivity index (χ2n) is 4.10. The van der Waals surface area contributed by atoms with Crippen LogP contribution < -0.4 is 5.73 Å². The second-order valence-corrected chi connectivity index (χ2v) is 4.10. The smallest absolute Gasteiger partial charge is 0.257 e. The van der Waals surface area contributed by atoms with Crippen molar-refractivity contribution in [2.24, 2.45) is 0 Å². The van der Waals surface area contributed by atoms with Crippen LogP contribution in [0.5, 0.6) is 0 Å². The Morgan fingerprint density at radius 1 is 1.50 bits per heavy atom. The van der Waals surface area contributed by atoms with Crippen LogP contribution in [0.1, 0.15) is 29.6 Å². The zero-order valence-electron chi connectivity index (χ0n) is 10.4. The molecule has 1 heterocycles. The van der Waals surface area contributed by atoms with E-state index in [-0.39, 0.29) is 23.9 Å². The van der Waals surface area contributed by atoms with E-state index in [0.717, 1.165) is 25.1 Å². The van der Waals surface area contributed by atoms with Crippen molar-refractivity contribution < 1.29 is 14.3 Å². The van der Waals surface area contributed by atoms with Gasteiger partial charge in [-0.1, -0.05) is 0 Å². The Hall–Kier alpha value is -1.69. The van der Waals surface area contributed by atoms with Crippen LogP contribution in [0.15, 0.2) is 12.3 Å². The van der Waals surface area contributed by atoms with Gasteiger partial charge in [-0.2, -0.15) is 0 Å². The van der Waals surface area contributed by atoms with Crippen molar-refractivity contribution in [3.63, 3.8) is 0 Å². The van der Waals surface area contributed by atoms with E-state index >= 15 is 0 Å². The Labute approximate surface area is 105 Å². The summed E-state index contributed by atoms with van der Waals surface area (Å²) in [7, 11) is 1.63. The van der Waals surface area contributed by atoms with Gasteiger partial charge in [0.15, 0.2) is 0 Å². The Bertz CT molecular complexity index is 412. The molecule has 0 aliphatic heterocycles. The van der Waals surface area contributed by atoms with Crippen molar-refractivity contribution in [2.45, 2.75) is 19.3 Å². The molecule has 1 amide bonds. The monoisotopic (exact) mass is 255 g/mol. The Balaban J connectivity index is 2.60. The molecule has 5 nitrogen and oxygen atoms in total. The number of halogens is 1. The topological polar surface area (TPSA) is 79.5 Å². The van der Waals surface area contributed by atoms with Gasteiger partial charge < -0.3 is 15.7 Å². The SMILES string of the molecule is CN(CCCCCO)C(=O)c1cc(F)cnc1N. The van der Waals surface area contributed by atoms with E-state index in [1.54, 1.807) is 7.05 Å². The summed E-state index contributed by atoms with van der Waals surface area (Å²) in [5.74, 6) is -0.895. The number of aliphatic hydroxyl groups is 1. The molecule has 0 spiro atoms. The van der Waals surface area contributed by atoms with Crippen molar-refractivity contribution in [3.05, 3.63) is 23.6 Å². The molecule has 3 N–H and O–H groups in total. The zero-order chi connectivity index (χ0) is 13.5. The number of rotatable bonds is 6. The van der Waals surface area contributed by atoms with Crippen LogP contribution in [0.3, 0.4) is 0 Å². The summed E-state index contributed by atoms with van der Waals surface area (Å²) >= 11 is 0. The first-order valence-electron chi connectivity index (χ1n) is 5.83. The van der Waals surface area contributed by atoms with E-state index in [4.69, 9.17) is 10.8 Å². The predicted octanol–water partition coefficient (Wildman–Crippen LogP) is 1.04. The number of hydrogen-bond donors (Lipinski definition) is 2. The molecule has 0 aromatic carbocycles. The molecule has 1 aromatic heterocycles. The van der Waals surface area contributed by atoms with Crippen LogP contribution >= 0.6 is 0 Å². The summed E-state index contributed by atoms with van der Waals surface area (Å²) in [6, 6.07) is 1.09. The van der Waals surface area contributed by atoms with Crippen molar-refractivity contribution in [1.29, 1.82) is 0 Å². The number of aliphatic hydroxyl groups excluding tert-OH is 1. The van der Waals surface area contributed by atoms with E-state index in [0.29, 0.717) is 13.0 Å². The van der Waals surface area contributed by atoms with E-state index in [9.17, 15) is 9.18 Å². The molecule has 1 rings (SSSR count). The second kappa shape index (κ2) is 6.90. The van der Waals surface area contributed by atoms with Gasteiger partial charge in [0.25, 0.3) is 5.91 Å². The van der Waals surface area contributed by atoms with Gasteiger partial charge in [0.05, 0.1) is 11.8 Å². The molecular weight excluding hydrogens is 237 g/mol. The number of nitrogen functional groups attached to an aromatic ring is 1. The molecule has 100 valence electrons. The van der Waals surface area contributed by atoms with Gasteiger partial charge in [-0.05, 0) is 25.3 Å². The summed E-state index contributed by atoms with van der Waals surface area (Å²) < 4.78 is 13.0. The number of carbonyl (C=O) groups excluding carboxylic acids is 1. The van der Waals surface area contributed by atoms with Gasteiger partial charge in [-0.25, -0.2) is 9.37 Å². The minimum atomic E-state index is -0.582. The number of amides is 1. The number of anilines is 1. The van der Waals surface area contributed by atoms with Crippen molar-refractivity contribution in [3.8, 4) is 0 Å². The number of unbranched alkanes of at least 4 members (excludes halogenated alkanes) is 2. The molecule has 6 heteroatoms. The number of aromatic nitrogens is 1. The Kier molecular flexibility index (Phi) is 5.51. The molecule has 18 heavy (non-hydrogen) atoms. The lowest BCUT2D eigenvalue weighted by molar-refractivity contribution is 0.0792. The van der Waals surface area contributed by atoms with Crippen LogP contribution in [0.4, 0.5) is 10.2 Å². The fourth-order valence-electron chi connectivity index (χ4n) is 1.57. The first kappa shape index (κ1) is 14.4. The maximum absolute atomic E-state index is 13.0. The zero-order valence-corrected chi connectivity index (χ0v) is 10.4. The van der Waals surface area contributed by atoms with Crippen molar-refractivity contribution >= 4 is 11.7 Å². The van der Waals surface area contributed by atoms with Crippen LogP contribution in [0.25, 0.3) is 0 Å². The van der Waals surface area contributed by atoms with E-state index in [1.165, 1.54) is 4.90 Å². The first-order valence-corrected chi connectivity index (χ1v) is 5.83. The highest BCUT2D eigenvalue weighted by molar-refractivity contribution is 5.98. The molecule has 0 unspecified atom stereocenters. The third kappa shape index (κ3) is 3.96. The van der Waals surface area contributed by atoms with Gasteiger partial charge in [0.1, 0.15) is 11.6 Å². The molecule has 0 saturated carbocycles. The molecule has 0 aliphatic carbocycles. The first-order chi connectivity index (χ1) is 8.56. The van der Waals surface area contributed by atoms with Crippen LogP contribution in [0, 0.1) is 5.82 Å². The molecule has 0 aliphatic rings.